The van der Waals surface area contributed by atoms with Crippen LogP contribution in [0.1, 0.15) is 33.6 Å². The predicted molar refractivity (Wildman–Crippen MR) is 77.3 cm³/mol. The molecule has 0 radical (unpaired) electrons. The molecular formula is C17H16O3. The second kappa shape index (κ2) is 6.66. The van der Waals surface area contributed by atoms with Crippen LogP contribution in [0.25, 0.3) is 0 Å². The molecule has 0 unspecified atom stereocenters. The molecule has 2 aromatic carbocycles. The van der Waals surface area contributed by atoms with Crippen LogP contribution in [-0.4, -0.2) is 18.7 Å². The molecule has 0 fully saturated rings. The molecule has 0 heterocycles. The van der Waals surface area contributed by atoms with Gasteiger partial charge in [0.2, 0.25) is 0 Å². The number of benzene rings is 2. The van der Waals surface area contributed by atoms with Crippen molar-refractivity contribution in [3.05, 3.63) is 65.7 Å². The molecule has 20 heavy (non-hydrogen) atoms. The Kier molecular flexibility index (Phi) is 4.66. The molecule has 3 nitrogen and oxygen atoms in total. The van der Waals surface area contributed by atoms with Crippen LogP contribution in [-0.2, 0) is 0 Å². The van der Waals surface area contributed by atoms with Gasteiger partial charge in [-0.1, -0.05) is 42.5 Å². The van der Waals surface area contributed by atoms with E-state index in [1.807, 2.05) is 18.2 Å². The quantitative estimate of drug-likeness (QED) is 0.753. The molecule has 0 atom stereocenters. The fourth-order valence-corrected chi connectivity index (χ4v) is 1.94. The van der Waals surface area contributed by atoms with Gasteiger partial charge in [0, 0.05) is 24.0 Å². The van der Waals surface area contributed by atoms with Gasteiger partial charge in [-0.3, -0.25) is 9.59 Å². The minimum Gasteiger partial charge on any atom is -0.497 e. The summed E-state index contributed by atoms with van der Waals surface area (Å²) >= 11 is 0. The zero-order chi connectivity index (χ0) is 14.4. The highest BCUT2D eigenvalue weighted by molar-refractivity contribution is 6.02. The van der Waals surface area contributed by atoms with Crippen LogP contribution in [0.3, 0.4) is 0 Å². The fraction of sp³-hybridized carbons (Fsp3) is 0.176. The van der Waals surface area contributed by atoms with E-state index >= 15 is 0 Å². The Hall–Kier alpha value is -2.42. The molecule has 0 aromatic heterocycles. The maximum atomic E-state index is 12.0. The second-order valence-electron chi connectivity index (χ2n) is 4.44. The molecule has 2 aromatic rings. The second-order valence-corrected chi connectivity index (χ2v) is 4.44. The standard InChI is InChI=1S/C17H16O3/c1-20-15-9-5-8-14(12-15)17(19)11-10-16(18)13-6-3-2-4-7-13/h2-9,12H,10-11H2,1H3. The van der Waals surface area contributed by atoms with Crippen molar-refractivity contribution < 1.29 is 14.3 Å². The van der Waals surface area contributed by atoms with Crippen LogP contribution in [0.5, 0.6) is 5.75 Å². The lowest BCUT2D eigenvalue weighted by Gasteiger charge is -2.04. The normalized spacial score (nSPS) is 10.1. The Labute approximate surface area is 118 Å². The molecule has 0 aliphatic carbocycles. The average Bonchev–Trinajstić information content (AvgIpc) is 2.53. The first-order valence-corrected chi connectivity index (χ1v) is 6.46. The van der Waals surface area contributed by atoms with Gasteiger partial charge in [-0.2, -0.15) is 0 Å². The molecule has 0 N–H and O–H groups in total. The number of hydrogen-bond acceptors (Lipinski definition) is 3. The van der Waals surface area contributed by atoms with E-state index in [1.54, 1.807) is 43.5 Å². The van der Waals surface area contributed by atoms with Gasteiger partial charge in [0.25, 0.3) is 0 Å². The number of carbonyl (C=O) groups excluding carboxylic acids is 2. The molecule has 0 aliphatic rings. The predicted octanol–water partition coefficient (Wildman–Crippen LogP) is 3.54. The molecule has 3 heteroatoms. The zero-order valence-electron chi connectivity index (χ0n) is 11.3. The van der Waals surface area contributed by atoms with Gasteiger partial charge in [-0.25, -0.2) is 0 Å². The summed E-state index contributed by atoms with van der Waals surface area (Å²) in [5, 5.41) is 0. The highest BCUT2D eigenvalue weighted by atomic mass is 16.5. The van der Waals surface area contributed by atoms with Gasteiger partial charge in [-0.15, -0.1) is 0 Å². The first-order valence-electron chi connectivity index (χ1n) is 6.46. The van der Waals surface area contributed by atoms with Crippen molar-refractivity contribution >= 4 is 11.6 Å². The minimum atomic E-state index is -0.0480. The van der Waals surface area contributed by atoms with E-state index in [-0.39, 0.29) is 24.4 Å². The first kappa shape index (κ1) is 14.0. The molecule has 0 saturated heterocycles. The lowest BCUT2D eigenvalue weighted by Crippen LogP contribution is -2.05. The fourth-order valence-electron chi connectivity index (χ4n) is 1.94. The summed E-state index contributed by atoms with van der Waals surface area (Å²) in [6, 6.07) is 16.0. The smallest absolute Gasteiger partial charge is 0.163 e. The van der Waals surface area contributed by atoms with Crippen molar-refractivity contribution in [1.29, 1.82) is 0 Å². The molecule has 0 spiro atoms. The summed E-state index contributed by atoms with van der Waals surface area (Å²) in [6.45, 7) is 0. The van der Waals surface area contributed by atoms with Crippen LogP contribution >= 0.6 is 0 Å². The van der Waals surface area contributed by atoms with Crippen molar-refractivity contribution in [2.45, 2.75) is 12.8 Å². The molecule has 2 rings (SSSR count). The largest absolute Gasteiger partial charge is 0.497 e. The van der Waals surface area contributed by atoms with E-state index in [9.17, 15) is 9.59 Å². The number of rotatable bonds is 6. The Morgan fingerprint density at radius 2 is 1.45 bits per heavy atom. The summed E-state index contributed by atoms with van der Waals surface area (Å²) in [7, 11) is 1.56. The van der Waals surface area contributed by atoms with Gasteiger partial charge in [0.15, 0.2) is 11.6 Å². The first-order chi connectivity index (χ1) is 9.70. The van der Waals surface area contributed by atoms with Gasteiger partial charge < -0.3 is 4.74 Å². The van der Waals surface area contributed by atoms with Gasteiger partial charge in [-0.05, 0) is 12.1 Å². The Morgan fingerprint density at radius 1 is 0.850 bits per heavy atom. The van der Waals surface area contributed by atoms with Crippen molar-refractivity contribution in [3.63, 3.8) is 0 Å². The van der Waals surface area contributed by atoms with Crippen molar-refractivity contribution in [3.8, 4) is 5.75 Å². The van der Waals surface area contributed by atoms with Crippen molar-refractivity contribution in [2.75, 3.05) is 7.11 Å². The number of hydrogen-bond donors (Lipinski definition) is 0. The van der Waals surface area contributed by atoms with E-state index in [0.717, 1.165) is 0 Å². The highest BCUT2D eigenvalue weighted by Gasteiger charge is 2.11. The van der Waals surface area contributed by atoms with Crippen LogP contribution < -0.4 is 4.74 Å². The maximum absolute atomic E-state index is 12.0. The summed E-state index contributed by atoms with van der Waals surface area (Å²) in [5.41, 5.74) is 1.22. The molecule has 102 valence electrons. The third-order valence-corrected chi connectivity index (χ3v) is 3.07. The third-order valence-electron chi connectivity index (χ3n) is 3.07. The van der Waals surface area contributed by atoms with E-state index in [2.05, 4.69) is 0 Å². The van der Waals surface area contributed by atoms with Crippen molar-refractivity contribution in [1.82, 2.24) is 0 Å². The molecule has 0 bridgehead atoms. The third kappa shape index (κ3) is 3.54. The topological polar surface area (TPSA) is 43.4 Å². The molecule has 0 amide bonds. The van der Waals surface area contributed by atoms with E-state index in [4.69, 9.17) is 4.74 Å². The van der Waals surface area contributed by atoms with Crippen molar-refractivity contribution in [2.24, 2.45) is 0 Å². The Balaban J connectivity index is 1.97. The summed E-state index contributed by atoms with van der Waals surface area (Å²) in [5.74, 6) is 0.584. The number of methoxy groups -OCH3 is 1. The zero-order valence-corrected chi connectivity index (χ0v) is 11.3. The minimum absolute atomic E-state index is 0.0122. The van der Waals surface area contributed by atoms with Gasteiger partial charge in [0.05, 0.1) is 7.11 Å². The van der Waals surface area contributed by atoms with Crippen LogP contribution in [0.2, 0.25) is 0 Å². The van der Waals surface area contributed by atoms with Gasteiger partial charge >= 0.3 is 0 Å². The Bertz CT molecular complexity index is 603. The number of Topliss-reactive ketones (excluding diaryl/α,β-unsaturated/α-hetero) is 2. The molecule has 0 saturated carbocycles. The Morgan fingerprint density at radius 3 is 2.10 bits per heavy atom. The summed E-state index contributed by atoms with van der Waals surface area (Å²) in [6.07, 6.45) is 0.431. The monoisotopic (exact) mass is 268 g/mol. The average molecular weight is 268 g/mol. The number of ether oxygens (including phenoxy) is 1. The van der Waals surface area contributed by atoms with E-state index in [0.29, 0.717) is 16.9 Å². The van der Waals surface area contributed by atoms with Crippen LogP contribution in [0.4, 0.5) is 0 Å². The maximum Gasteiger partial charge on any atom is 0.163 e. The summed E-state index contributed by atoms with van der Waals surface area (Å²) in [4.78, 5) is 24.0. The van der Waals surface area contributed by atoms with Crippen LogP contribution in [0.15, 0.2) is 54.6 Å². The van der Waals surface area contributed by atoms with E-state index < -0.39 is 0 Å². The summed E-state index contributed by atoms with van der Waals surface area (Å²) < 4.78 is 5.08. The molecular weight excluding hydrogens is 252 g/mol. The number of ketones is 2. The lowest BCUT2D eigenvalue weighted by molar-refractivity contribution is 0.0917. The lowest BCUT2D eigenvalue weighted by atomic mass is 10.0. The molecule has 0 aliphatic heterocycles. The SMILES string of the molecule is COc1cccc(C(=O)CCC(=O)c2ccccc2)c1. The van der Waals surface area contributed by atoms with E-state index in [1.165, 1.54) is 0 Å². The van der Waals surface area contributed by atoms with Gasteiger partial charge in [0.1, 0.15) is 5.75 Å². The van der Waals surface area contributed by atoms with Crippen LogP contribution in [0, 0.1) is 0 Å². The highest BCUT2D eigenvalue weighted by Crippen LogP contribution is 2.15. The number of carbonyl (C=O) groups is 2.